The Morgan fingerprint density at radius 2 is 1.75 bits per heavy atom. The molecule has 0 aliphatic rings. The second-order valence-corrected chi connectivity index (χ2v) is 8.20. The molecule has 0 spiro atoms. The van der Waals surface area contributed by atoms with Gasteiger partial charge in [-0.05, 0) is 56.1 Å². The van der Waals surface area contributed by atoms with Gasteiger partial charge in [-0.15, -0.1) is 0 Å². The van der Waals surface area contributed by atoms with Gasteiger partial charge in [0.05, 0.1) is 31.5 Å². The summed E-state index contributed by atoms with van der Waals surface area (Å²) in [5.74, 6) is 0.905. The van der Waals surface area contributed by atoms with Crippen LogP contribution in [0.2, 0.25) is 0 Å². The third kappa shape index (κ3) is 5.35. The minimum absolute atomic E-state index is 0.236. The van der Waals surface area contributed by atoms with Gasteiger partial charge in [0.25, 0.3) is 5.91 Å². The third-order valence-electron chi connectivity index (χ3n) is 4.71. The molecule has 3 aromatic rings. The lowest BCUT2D eigenvalue weighted by atomic mass is 10.1. The van der Waals surface area contributed by atoms with E-state index in [1.54, 1.807) is 29.2 Å². The predicted octanol–water partition coefficient (Wildman–Crippen LogP) is 4.07. The number of nitrogens with zero attached hydrogens (tertiary/aromatic N) is 3. The monoisotopic (exact) mass is 459 g/mol. The molecule has 0 fully saturated rings. The van der Waals surface area contributed by atoms with E-state index in [1.165, 1.54) is 50.9 Å². The van der Waals surface area contributed by atoms with Crippen molar-refractivity contribution in [3.8, 4) is 17.2 Å². The van der Waals surface area contributed by atoms with Crippen LogP contribution in [0.3, 0.4) is 0 Å². The number of ether oxygens (including phenoxy) is 3. The molecule has 0 atom stereocenters. The smallest absolute Gasteiger partial charge is 0.252 e. The highest BCUT2D eigenvalue weighted by Gasteiger charge is 2.19. The second-order valence-electron chi connectivity index (χ2n) is 7.19. The molecule has 0 saturated heterocycles. The average Bonchev–Trinajstić information content (AvgIpc) is 3.19. The second kappa shape index (κ2) is 10.4. The quantitative estimate of drug-likeness (QED) is 0.450. The predicted molar refractivity (Wildman–Crippen MR) is 126 cm³/mol. The van der Waals surface area contributed by atoms with E-state index < -0.39 is 0 Å². The lowest BCUT2D eigenvalue weighted by Gasteiger charge is -2.20. The molecule has 0 aliphatic carbocycles. The van der Waals surface area contributed by atoms with Crippen LogP contribution in [-0.4, -0.2) is 64.3 Å². The van der Waals surface area contributed by atoms with Gasteiger partial charge in [0, 0.05) is 19.2 Å². The Morgan fingerprint density at radius 1 is 1.06 bits per heavy atom. The fraction of sp³-hybridized carbons (Fsp3) is 0.304. The van der Waals surface area contributed by atoms with Crippen molar-refractivity contribution in [2.24, 2.45) is 0 Å². The number of thiazole rings is 1. The molecule has 170 valence electrons. The number of amides is 1. The van der Waals surface area contributed by atoms with Gasteiger partial charge in [0.2, 0.25) is 5.75 Å². The average molecular weight is 460 g/mol. The number of rotatable bonds is 9. The largest absolute Gasteiger partial charge is 0.493 e. The maximum Gasteiger partial charge on any atom is 0.252 e. The molecule has 0 N–H and O–H groups in total. The van der Waals surface area contributed by atoms with Crippen LogP contribution in [0, 0.1) is 5.82 Å². The summed E-state index contributed by atoms with van der Waals surface area (Å²) >= 11 is 1.28. The zero-order valence-electron chi connectivity index (χ0n) is 18.7. The number of benzene rings is 2. The molecule has 1 amide bonds. The number of carbonyl (C=O) groups is 1. The van der Waals surface area contributed by atoms with Crippen LogP contribution in [0.25, 0.3) is 16.3 Å². The number of likely N-dealkylation sites (N-methyl/N-ethyl adjacent to an activating group) is 1. The Morgan fingerprint density at radius 3 is 2.34 bits per heavy atom. The highest BCUT2D eigenvalue weighted by Crippen LogP contribution is 2.38. The summed E-state index contributed by atoms with van der Waals surface area (Å²) in [4.78, 5) is 21.2. The van der Waals surface area contributed by atoms with Crippen LogP contribution in [0.1, 0.15) is 5.56 Å². The van der Waals surface area contributed by atoms with Crippen molar-refractivity contribution in [1.82, 2.24) is 9.88 Å². The summed E-state index contributed by atoms with van der Waals surface area (Å²) < 4.78 is 30.4. The number of hydrogen-bond acceptors (Lipinski definition) is 7. The molecule has 0 saturated carbocycles. The summed E-state index contributed by atoms with van der Waals surface area (Å²) in [6, 6.07) is 7.93. The Kier molecular flexibility index (Phi) is 7.66. The van der Waals surface area contributed by atoms with Gasteiger partial charge in [-0.25, -0.2) is 9.37 Å². The molecular formula is C23H26FN3O4S. The summed E-state index contributed by atoms with van der Waals surface area (Å²) in [5, 5.41) is 0.520. The number of aromatic nitrogens is 1. The minimum atomic E-state index is -0.332. The SMILES string of the molecule is COc1cc(/C=C/C(=O)N(CCN(C)C)c2nc3ccc(F)cc3s2)cc(OC)c1OC. The standard InChI is InChI=1S/C23H26FN3O4S/c1-26(2)10-11-27(23-25-17-8-7-16(24)14-20(17)32-23)21(28)9-6-15-12-18(29-3)22(31-5)19(13-15)30-4/h6-9,12-14H,10-11H2,1-5H3/b9-6+. The zero-order chi connectivity index (χ0) is 23.3. The molecule has 2 aromatic carbocycles. The molecule has 1 aromatic heterocycles. The van der Waals surface area contributed by atoms with Crippen LogP contribution in [0.15, 0.2) is 36.4 Å². The van der Waals surface area contributed by atoms with Gasteiger partial charge in [-0.2, -0.15) is 0 Å². The lowest BCUT2D eigenvalue weighted by molar-refractivity contribution is -0.114. The van der Waals surface area contributed by atoms with Crippen molar-refractivity contribution >= 4 is 38.7 Å². The Hall–Kier alpha value is -3.17. The molecule has 1 heterocycles. The summed E-state index contributed by atoms with van der Waals surface area (Å²) in [5.41, 5.74) is 1.37. The maximum absolute atomic E-state index is 13.6. The highest BCUT2D eigenvalue weighted by atomic mass is 32.1. The topological polar surface area (TPSA) is 64.1 Å². The first-order valence-electron chi connectivity index (χ1n) is 9.86. The molecule has 3 rings (SSSR count). The molecule has 32 heavy (non-hydrogen) atoms. The molecule has 0 radical (unpaired) electrons. The molecule has 0 unspecified atom stereocenters. The van der Waals surface area contributed by atoms with E-state index in [1.807, 2.05) is 19.0 Å². The van der Waals surface area contributed by atoms with Crippen LogP contribution >= 0.6 is 11.3 Å². The van der Waals surface area contributed by atoms with Crippen molar-refractivity contribution in [1.29, 1.82) is 0 Å². The first kappa shape index (κ1) is 23.5. The van der Waals surface area contributed by atoms with Crippen LogP contribution < -0.4 is 19.1 Å². The van der Waals surface area contributed by atoms with E-state index in [-0.39, 0.29) is 11.7 Å². The number of hydrogen-bond donors (Lipinski definition) is 0. The fourth-order valence-corrected chi connectivity index (χ4v) is 4.08. The Labute approximate surface area is 190 Å². The maximum atomic E-state index is 13.6. The minimum Gasteiger partial charge on any atom is -0.493 e. The third-order valence-corrected chi connectivity index (χ3v) is 5.75. The van der Waals surface area contributed by atoms with Gasteiger partial charge in [-0.1, -0.05) is 11.3 Å². The van der Waals surface area contributed by atoms with Crippen LogP contribution in [-0.2, 0) is 4.79 Å². The number of anilines is 1. The van der Waals surface area contributed by atoms with E-state index in [2.05, 4.69) is 4.98 Å². The number of fused-ring (bicyclic) bond motifs is 1. The molecule has 7 nitrogen and oxygen atoms in total. The summed E-state index contributed by atoms with van der Waals surface area (Å²) in [6.07, 6.45) is 3.16. The number of carbonyl (C=O) groups excluding carboxylic acids is 1. The van der Waals surface area contributed by atoms with E-state index >= 15 is 0 Å². The first-order valence-corrected chi connectivity index (χ1v) is 10.7. The Bertz CT molecular complexity index is 1100. The van der Waals surface area contributed by atoms with Crippen molar-refractivity contribution in [3.05, 3.63) is 47.8 Å². The van der Waals surface area contributed by atoms with Gasteiger partial charge in [0.1, 0.15) is 5.82 Å². The zero-order valence-corrected chi connectivity index (χ0v) is 19.5. The summed E-state index contributed by atoms with van der Waals surface area (Å²) in [6.45, 7) is 1.09. The van der Waals surface area contributed by atoms with Crippen molar-refractivity contribution in [2.75, 3.05) is 53.4 Å². The van der Waals surface area contributed by atoms with Crippen molar-refractivity contribution in [2.45, 2.75) is 0 Å². The summed E-state index contributed by atoms with van der Waals surface area (Å²) in [7, 11) is 8.47. The molecule has 0 aliphatic heterocycles. The van der Waals surface area contributed by atoms with E-state index in [0.29, 0.717) is 51.2 Å². The fourth-order valence-electron chi connectivity index (χ4n) is 3.06. The van der Waals surface area contributed by atoms with Gasteiger partial charge >= 0.3 is 0 Å². The van der Waals surface area contributed by atoms with E-state index in [0.717, 1.165) is 0 Å². The first-order chi connectivity index (χ1) is 15.4. The Balaban J connectivity index is 1.91. The van der Waals surface area contributed by atoms with Crippen LogP contribution in [0.5, 0.6) is 17.2 Å². The molecule has 0 bridgehead atoms. The highest BCUT2D eigenvalue weighted by molar-refractivity contribution is 7.22. The van der Waals surface area contributed by atoms with Gasteiger partial charge in [0.15, 0.2) is 16.6 Å². The number of halogens is 1. The van der Waals surface area contributed by atoms with Crippen molar-refractivity contribution < 1.29 is 23.4 Å². The lowest BCUT2D eigenvalue weighted by Crippen LogP contribution is -2.35. The number of methoxy groups -OCH3 is 3. The van der Waals surface area contributed by atoms with Gasteiger partial charge < -0.3 is 19.1 Å². The van der Waals surface area contributed by atoms with E-state index in [4.69, 9.17) is 14.2 Å². The van der Waals surface area contributed by atoms with Crippen LogP contribution in [0.4, 0.5) is 9.52 Å². The van der Waals surface area contributed by atoms with Crippen molar-refractivity contribution in [3.63, 3.8) is 0 Å². The van der Waals surface area contributed by atoms with Gasteiger partial charge in [-0.3, -0.25) is 9.69 Å². The van der Waals surface area contributed by atoms with E-state index in [9.17, 15) is 9.18 Å². The molecule has 9 heteroatoms. The normalized spacial score (nSPS) is 11.3. The molecular weight excluding hydrogens is 433 g/mol.